The first-order chi connectivity index (χ1) is 7.79. The molecule has 3 heteroatoms. The Morgan fingerprint density at radius 3 is 2.94 bits per heavy atom. The lowest BCUT2D eigenvalue weighted by molar-refractivity contribution is 0.0115. The van der Waals surface area contributed by atoms with Crippen molar-refractivity contribution >= 4 is 11.8 Å². The lowest BCUT2D eigenvalue weighted by atomic mass is 10.0. The molecule has 0 aromatic rings. The third-order valence-corrected chi connectivity index (χ3v) is 5.09. The topological polar surface area (TPSA) is 21.3 Å². The Morgan fingerprint density at radius 2 is 2.19 bits per heavy atom. The van der Waals surface area contributed by atoms with Gasteiger partial charge in [-0.2, -0.15) is 11.8 Å². The smallest absolute Gasteiger partial charge is 0.0561 e. The third-order valence-electron chi connectivity index (χ3n) is 3.77. The Kier molecular flexibility index (Phi) is 4.98. The number of hydrogen-bond acceptors (Lipinski definition) is 3. The number of thioether (sulfide) groups is 1. The van der Waals surface area contributed by atoms with Crippen molar-refractivity contribution in [1.82, 2.24) is 5.32 Å². The summed E-state index contributed by atoms with van der Waals surface area (Å²) >= 11 is 2.14. The molecule has 1 heterocycles. The molecule has 4 unspecified atom stereocenters. The molecule has 1 aliphatic carbocycles. The molecule has 94 valence electrons. The minimum Gasteiger partial charge on any atom is -0.378 e. The van der Waals surface area contributed by atoms with Crippen LogP contribution >= 0.6 is 11.8 Å². The lowest BCUT2D eigenvalue weighted by Crippen LogP contribution is -2.45. The van der Waals surface area contributed by atoms with E-state index in [9.17, 15) is 0 Å². The molecule has 1 saturated heterocycles. The number of nitrogens with one attached hydrogen (secondary N) is 1. The molecule has 0 bridgehead atoms. The van der Waals surface area contributed by atoms with Crippen molar-refractivity contribution in [3.63, 3.8) is 0 Å². The van der Waals surface area contributed by atoms with Crippen molar-refractivity contribution in [3.05, 3.63) is 0 Å². The van der Waals surface area contributed by atoms with E-state index in [1.54, 1.807) is 0 Å². The Balaban J connectivity index is 1.79. The van der Waals surface area contributed by atoms with Crippen molar-refractivity contribution in [2.24, 2.45) is 0 Å². The molecule has 2 aliphatic rings. The van der Waals surface area contributed by atoms with Crippen LogP contribution in [0.25, 0.3) is 0 Å². The van der Waals surface area contributed by atoms with Gasteiger partial charge in [0.2, 0.25) is 0 Å². The molecule has 1 aliphatic heterocycles. The van der Waals surface area contributed by atoms with E-state index in [1.165, 1.54) is 37.9 Å². The van der Waals surface area contributed by atoms with Crippen LogP contribution in [0.3, 0.4) is 0 Å². The Bertz CT molecular complexity index is 212. The molecular weight excluding hydrogens is 218 g/mol. The fourth-order valence-corrected chi connectivity index (χ4v) is 4.19. The van der Waals surface area contributed by atoms with Crippen LogP contribution in [0.5, 0.6) is 0 Å². The van der Waals surface area contributed by atoms with Crippen molar-refractivity contribution in [2.45, 2.75) is 69.4 Å². The summed E-state index contributed by atoms with van der Waals surface area (Å²) in [6, 6.07) is 1.46. The lowest BCUT2D eigenvalue weighted by Gasteiger charge is -2.32. The fraction of sp³-hybridized carbons (Fsp3) is 1.00. The van der Waals surface area contributed by atoms with Crippen LogP contribution in [0.4, 0.5) is 0 Å². The van der Waals surface area contributed by atoms with Gasteiger partial charge >= 0.3 is 0 Å². The van der Waals surface area contributed by atoms with Gasteiger partial charge in [-0.1, -0.05) is 13.3 Å². The zero-order valence-corrected chi connectivity index (χ0v) is 11.4. The first-order valence-electron chi connectivity index (χ1n) is 6.79. The minimum atomic E-state index is 0.449. The predicted octanol–water partition coefficient (Wildman–Crippen LogP) is 2.82. The molecule has 1 saturated carbocycles. The summed E-state index contributed by atoms with van der Waals surface area (Å²) in [5, 5.41) is 4.75. The van der Waals surface area contributed by atoms with Gasteiger partial charge in [0.1, 0.15) is 0 Å². The highest BCUT2D eigenvalue weighted by atomic mass is 32.2. The van der Waals surface area contributed by atoms with Gasteiger partial charge < -0.3 is 10.1 Å². The van der Waals surface area contributed by atoms with Crippen LogP contribution in [-0.2, 0) is 4.74 Å². The first kappa shape index (κ1) is 12.7. The monoisotopic (exact) mass is 243 g/mol. The summed E-state index contributed by atoms with van der Waals surface area (Å²) < 4.78 is 5.60. The molecule has 0 radical (unpaired) electrons. The summed E-state index contributed by atoms with van der Waals surface area (Å²) in [6.07, 6.45) is 7.04. The third kappa shape index (κ3) is 3.38. The minimum absolute atomic E-state index is 0.449. The second kappa shape index (κ2) is 6.27. The summed E-state index contributed by atoms with van der Waals surface area (Å²) in [4.78, 5) is 0. The highest BCUT2D eigenvalue weighted by molar-refractivity contribution is 7.99. The van der Waals surface area contributed by atoms with Gasteiger partial charge in [-0.3, -0.25) is 0 Å². The summed E-state index contributed by atoms with van der Waals surface area (Å²) in [5.41, 5.74) is 0. The van der Waals surface area contributed by atoms with Gasteiger partial charge in [-0.05, 0) is 38.4 Å². The fourth-order valence-electron chi connectivity index (χ4n) is 2.98. The van der Waals surface area contributed by atoms with E-state index in [0.717, 1.165) is 17.9 Å². The zero-order chi connectivity index (χ0) is 11.4. The second-order valence-corrected chi connectivity index (χ2v) is 6.62. The maximum atomic E-state index is 5.60. The van der Waals surface area contributed by atoms with Crippen LogP contribution in [0.2, 0.25) is 0 Å². The van der Waals surface area contributed by atoms with Crippen molar-refractivity contribution in [1.29, 1.82) is 0 Å². The molecule has 0 spiro atoms. The number of hydrogen-bond donors (Lipinski definition) is 1. The number of rotatable bonds is 4. The normalized spacial score (nSPS) is 40.1. The average Bonchev–Trinajstić information content (AvgIpc) is 2.66. The van der Waals surface area contributed by atoms with Crippen LogP contribution in [0.15, 0.2) is 0 Å². The largest absolute Gasteiger partial charge is 0.378 e. The van der Waals surface area contributed by atoms with Crippen LogP contribution < -0.4 is 5.32 Å². The molecule has 2 rings (SSSR count). The van der Waals surface area contributed by atoms with Crippen molar-refractivity contribution in [2.75, 3.05) is 12.4 Å². The van der Waals surface area contributed by atoms with E-state index < -0.39 is 0 Å². The van der Waals surface area contributed by atoms with Crippen molar-refractivity contribution < 1.29 is 4.74 Å². The van der Waals surface area contributed by atoms with E-state index in [0.29, 0.717) is 12.1 Å². The van der Waals surface area contributed by atoms with Gasteiger partial charge in [-0.25, -0.2) is 0 Å². The molecule has 2 nitrogen and oxygen atoms in total. The maximum absolute atomic E-state index is 5.60. The van der Waals surface area contributed by atoms with Crippen LogP contribution in [0, 0.1) is 0 Å². The van der Waals surface area contributed by atoms with Crippen molar-refractivity contribution in [3.8, 4) is 0 Å². The Morgan fingerprint density at radius 1 is 1.31 bits per heavy atom. The highest BCUT2D eigenvalue weighted by Crippen LogP contribution is 2.31. The molecule has 2 fully saturated rings. The molecule has 4 atom stereocenters. The van der Waals surface area contributed by atoms with Gasteiger partial charge in [0.25, 0.3) is 0 Å². The maximum Gasteiger partial charge on any atom is 0.0561 e. The van der Waals surface area contributed by atoms with Gasteiger partial charge in [0.05, 0.1) is 6.10 Å². The molecule has 1 N–H and O–H groups in total. The highest BCUT2D eigenvalue weighted by Gasteiger charge is 2.30. The second-order valence-electron chi connectivity index (χ2n) is 5.10. The van der Waals surface area contributed by atoms with E-state index in [2.05, 4.69) is 30.9 Å². The summed E-state index contributed by atoms with van der Waals surface area (Å²) in [7, 11) is 0. The van der Waals surface area contributed by atoms with Gasteiger partial charge in [-0.15, -0.1) is 0 Å². The summed E-state index contributed by atoms with van der Waals surface area (Å²) in [6.45, 7) is 5.41. The molecule has 0 aromatic heterocycles. The Hall–Kier alpha value is 0.270. The predicted molar refractivity (Wildman–Crippen MR) is 71.1 cm³/mol. The summed E-state index contributed by atoms with van der Waals surface area (Å²) in [5.74, 6) is 1.26. The van der Waals surface area contributed by atoms with E-state index in [1.807, 2.05) is 0 Å². The first-order valence-corrected chi connectivity index (χ1v) is 7.83. The van der Waals surface area contributed by atoms with Gasteiger partial charge in [0, 0.05) is 23.9 Å². The van der Waals surface area contributed by atoms with E-state index >= 15 is 0 Å². The van der Waals surface area contributed by atoms with E-state index in [4.69, 9.17) is 4.74 Å². The molecular formula is C13H25NOS. The SMILES string of the molecule is CCSC1CCCC1NC1CCOC(C)C1. The Labute approximate surface area is 104 Å². The van der Waals surface area contributed by atoms with E-state index in [-0.39, 0.29) is 0 Å². The zero-order valence-electron chi connectivity index (χ0n) is 10.6. The van der Waals surface area contributed by atoms with Gasteiger partial charge in [0.15, 0.2) is 0 Å². The molecule has 0 aromatic carbocycles. The quantitative estimate of drug-likeness (QED) is 0.820. The standard InChI is InChI=1S/C13H25NOS/c1-3-16-13-6-4-5-12(13)14-11-7-8-15-10(2)9-11/h10-14H,3-9H2,1-2H3. The number of ether oxygens (including phenoxy) is 1. The molecule has 0 amide bonds. The van der Waals surface area contributed by atoms with Crippen LogP contribution in [0.1, 0.15) is 46.0 Å². The molecule has 16 heavy (non-hydrogen) atoms. The van der Waals surface area contributed by atoms with Crippen LogP contribution in [-0.4, -0.2) is 35.8 Å². The average molecular weight is 243 g/mol.